The predicted molar refractivity (Wildman–Crippen MR) is 68.1 cm³/mol. The molecular formula is C13H19N3O. The molecule has 2 aromatic heterocycles. The van der Waals surface area contributed by atoms with Crippen LogP contribution in [0, 0.1) is 0 Å². The van der Waals surface area contributed by atoms with Gasteiger partial charge in [0, 0.05) is 12.7 Å². The maximum Gasteiger partial charge on any atom is 0.179 e. The molecule has 0 aromatic carbocycles. The highest BCUT2D eigenvalue weighted by atomic mass is 16.5. The fraction of sp³-hybridized carbons (Fsp3) is 0.462. The summed E-state index contributed by atoms with van der Waals surface area (Å²) in [5.74, 6) is 0.836. The molecular weight excluding hydrogens is 214 g/mol. The third-order valence-electron chi connectivity index (χ3n) is 2.79. The summed E-state index contributed by atoms with van der Waals surface area (Å²) >= 11 is 0. The van der Waals surface area contributed by atoms with Gasteiger partial charge in [-0.05, 0) is 18.6 Å². The van der Waals surface area contributed by atoms with E-state index in [-0.39, 0.29) is 0 Å². The van der Waals surface area contributed by atoms with Crippen LogP contribution in [0.15, 0.2) is 24.5 Å². The zero-order valence-corrected chi connectivity index (χ0v) is 10.2. The van der Waals surface area contributed by atoms with Gasteiger partial charge in [-0.2, -0.15) is 0 Å². The van der Waals surface area contributed by atoms with Crippen molar-refractivity contribution in [2.24, 2.45) is 5.73 Å². The number of unbranched alkanes of at least 4 members (excludes halogenated alkanes) is 2. The maximum absolute atomic E-state index is 5.76. The second-order valence-corrected chi connectivity index (χ2v) is 4.08. The number of aromatic nitrogens is 2. The standard InChI is InChI=1S/C13H19N3O/c1-2-3-4-8-17-12-6-5-7-16-11(9-14)10-15-13(12)16/h5-7,10H,2-4,8-9,14H2,1H3. The first-order valence-electron chi connectivity index (χ1n) is 6.14. The van der Waals surface area contributed by atoms with Crippen LogP contribution in [0.25, 0.3) is 5.65 Å². The van der Waals surface area contributed by atoms with Gasteiger partial charge >= 0.3 is 0 Å². The minimum atomic E-state index is 0.487. The number of fused-ring (bicyclic) bond motifs is 1. The van der Waals surface area contributed by atoms with Crippen molar-refractivity contribution in [2.75, 3.05) is 6.61 Å². The van der Waals surface area contributed by atoms with Crippen molar-refractivity contribution < 1.29 is 4.74 Å². The molecule has 0 unspecified atom stereocenters. The van der Waals surface area contributed by atoms with Gasteiger partial charge in [0.1, 0.15) is 0 Å². The van der Waals surface area contributed by atoms with Crippen LogP contribution >= 0.6 is 0 Å². The Morgan fingerprint density at radius 3 is 3.06 bits per heavy atom. The zero-order chi connectivity index (χ0) is 12.1. The van der Waals surface area contributed by atoms with Gasteiger partial charge in [-0.15, -0.1) is 0 Å². The first-order valence-corrected chi connectivity index (χ1v) is 6.14. The van der Waals surface area contributed by atoms with Gasteiger partial charge in [0.2, 0.25) is 0 Å². The van der Waals surface area contributed by atoms with Crippen LogP contribution in [0.3, 0.4) is 0 Å². The molecule has 0 amide bonds. The van der Waals surface area contributed by atoms with E-state index in [9.17, 15) is 0 Å². The van der Waals surface area contributed by atoms with Gasteiger partial charge in [-0.3, -0.25) is 4.40 Å². The zero-order valence-electron chi connectivity index (χ0n) is 10.2. The van der Waals surface area contributed by atoms with E-state index in [0.717, 1.165) is 30.1 Å². The summed E-state index contributed by atoms with van der Waals surface area (Å²) in [7, 11) is 0. The van der Waals surface area contributed by atoms with Crippen molar-refractivity contribution in [3.8, 4) is 5.75 Å². The average Bonchev–Trinajstić information content (AvgIpc) is 2.78. The summed E-state index contributed by atoms with van der Waals surface area (Å²) in [6.45, 7) is 3.42. The smallest absolute Gasteiger partial charge is 0.179 e. The molecule has 2 aromatic rings. The van der Waals surface area contributed by atoms with Crippen molar-refractivity contribution in [1.82, 2.24) is 9.38 Å². The molecule has 0 spiro atoms. The number of nitrogens with two attached hydrogens (primary N) is 1. The summed E-state index contributed by atoms with van der Waals surface area (Å²) < 4.78 is 7.74. The van der Waals surface area contributed by atoms with Gasteiger partial charge in [-0.25, -0.2) is 4.98 Å². The highest BCUT2D eigenvalue weighted by molar-refractivity contribution is 5.54. The Labute approximate surface area is 101 Å². The molecule has 2 rings (SSSR count). The highest BCUT2D eigenvalue weighted by Crippen LogP contribution is 2.19. The second kappa shape index (κ2) is 5.68. The molecule has 2 heterocycles. The van der Waals surface area contributed by atoms with E-state index in [1.54, 1.807) is 6.20 Å². The first kappa shape index (κ1) is 11.9. The molecule has 0 aliphatic rings. The average molecular weight is 233 g/mol. The number of imidazole rings is 1. The van der Waals surface area contributed by atoms with Crippen LogP contribution in [0.4, 0.5) is 0 Å². The Morgan fingerprint density at radius 2 is 2.29 bits per heavy atom. The normalized spacial score (nSPS) is 10.9. The number of pyridine rings is 1. The van der Waals surface area contributed by atoms with Crippen LogP contribution in [0.5, 0.6) is 5.75 Å². The molecule has 0 aliphatic carbocycles. The Hall–Kier alpha value is -1.55. The Morgan fingerprint density at radius 1 is 1.41 bits per heavy atom. The van der Waals surface area contributed by atoms with Gasteiger partial charge in [0.25, 0.3) is 0 Å². The first-order chi connectivity index (χ1) is 8.36. The van der Waals surface area contributed by atoms with Crippen molar-refractivity contribution in [3.05, 3.63) is 30.2 Å². The van der Waals surface area contributed by atoms with Crippen LogP contribution in [-0.4, -0.2) is 16.0 Å². The lowest BCUT2D eigenvalue weighted by Gasteiger charge is -2.07. The number of nitrogens with zero attached hydrogens (tertiary/aromatic N) is 2. The molecule has 0 fully saturated rings. The van der Waals surface area contributed by atoms with Gasteiger partial charge < -0.3 is 10.5 Å². The Kier molecular flexibility index (Phi) is 3.98. The van der Waals surface area contributed by atoms with E-state index in [1.165, 1.54) is 12.8 Å². The van der Waals surface area contributed by atoms with Crippen LogP contribution in [0.2, 0.25) is 0 Å². The molecule has 4 nitrogen and oxygen atoms in total. The summed E-state index contributed by atoms with van der Waals surface area (Å²) in [6.07, 6.45) is 7.25. The predicted octanol–water partition coefficient (Wildman–Crippen LogP) is 2.36. The Balaban J connectivity index is 2.14. The lowest BCUT2D eigenvalue weighted by atomic mass is 10.3. The third-order valence-corrected chi connectivity index (χ3v) is 2.79. The highest BCUT2D eigenvalue weighted by Gasteiger charge is 2.06. The number of hydrogen-bond donors (Lipinski definition) is 1. The number of hydrogen-bond acceptors (Lipinski definition) is 3. The minimum absolute atomic E-state index is 0.487. The van der Waals surface area contributed by atoms with Crippen LogP contribution in [-0.2, 0) is 6.54 Å². The van der Waals surface area contributed by atoms with E-state index in [4.69, 9.17) is 10.5 Å². The SMILES string of the molecule is CCCCCOc1cccn2c(CN)cnc12. The molecule has 0 aliphatic heterocycles. The number of ether oxygens (including phenoxy) is 1. The van der Waals surface area contributed by atoms with Crippen LogP contribution < -0.4 is 10.5 Å². The molecule has 0 saturated heterocycles. The second-order valence-electron chi connectivity index (χ2n) is 4.08. The van der Waals surface area contributed by atoms with E-state index in [1.807, 2.05) is 22.7 Å². The van der Waals surface area contributed by atoms with E-state index in [2.05, 4.69) is 11.9 Å². The maximum atomic E-state index is 5.76. The topological polar surface area (TPSA) is 52.5 Å². The van der Waals surface area contributed by atoms with Crippen molar-refractivity contribution in [2.45, 2.75) is 32.7 Å². The van der Waals surface area contributed by atoms with Crippen molar-refractivity contribution >= 4 is 5.65 Å². The molecule has 92 valence electrons. The lowest BCUT2D eigenvalue weighted by molar-refractivity contribution is 0.308. The monoisotopic (exact) mass is 233 g/mol. The van der Waals surface area contributed by atoms with E-state index >= 15 is 0 Å². The molecule has 0 radical (unpaired) electrons. The molecule has 4 heteroatoms. The molecule has 0 saturated carbocycles. The van der Waals surface area contributed by atoms with Gasteiger partial charge in [-0.1, -0.05) is 19.8 Å². The summed E-state index contributed by atoms with van der Waals surface area (Å²) in [6, 6.07) is 3.91. The van der Waals surface area contributed by atoms with Gasteiger partial charge in [0.15, 0.2) is 11.4 Å². The molecule has 17 heavy (non-hydrogen) atoms. The van der Waals surface area contributed by atoms with Gasteiger partial charge in [0.05, 0.1) is 18.5 Å². The van der Waals surface area contributed by atoms with E-state index in [0.29, 0.717) is 6.54 Å². The summed E-state index contributed by atoms with van der Waals surface area (Å²) in [5.41, 5.74) is 7.50. The third kappa shape index (κ3) is 2.58. The summed E-state index contributed by atoms with van der Waals surface area (Å²) in [5, 5.41) is 0. The van der Waals surface area contributed by atoms with Crippen LogP contribution in [0.1, 0.15) is 31.9 Å². The largest absolute Gasteiger partial charge is 0.490 e. The van der Waals surface area contributed by atoms with Crippen molar-refractivity contribution in [1.29, 1.82) is 0 Å². The van der Waals surface area contributed by atoms with Crippen molar-refractivity contribution in [3.63, 3.8) is 0 Å². The summed E-state index contributed by atoms with van der Waals surface area (Å²) in [4.78, 5) is 4.35. The minimum Gasteiger partial charge on any atom is -0.490 e. The number of rotatable bonds is 6. The Bertz CT molecular complexity index is 478. The fourth-order valence-corrected chi connectivity index (χ4v) is 1.83. The molecule has 0 bridgehead atoms. The quantitative estimate of drug-likeness (QED) is 0.779. The fourth-order valence-electron chi connectivity index (χ4n) is 1.83. The lowest BCUT2D eigenvalue weighted by Crippen LogP contribution is -2.02. The van der Waals surface area contributed by atoms with E-state index < -0.39 is 0 Å². The molecule has 2 N–H and O–H groups in total. The molecule has 0 atom stereocenters.